The first-order chi connectivity index (χ1) is 14.7. The van der Waals surface area contributed by atoms with Crippen molar-refractivity contribution in [2.45, 2.75) is 162 Å². The van der Waals surface area contributed by atoms with Gasteiger partial charge in [-0.05, 0) is 12.8 Å². The minimum Gasteiger partial charge on any atom is -0.343 e. The Morgan fingerprint density at radius 3 is 0.900 bits per heavy atom. The normalized spacial score (nSPS) is 11.2. The van der Waals surface area contributed by atoms with Crippen molar-refractivity contribution >= 4 is 5.91 Å². The molecule has 0 aromatic heterocycles. The van der Waals surface area contributed by atoms with E-state index < -0.39 is 0 Å². The Morgan fingerprint density at radius 1 is 0.433 bits per heavy atom. The maximum absolute atomic E-state index is 11.9. The van der Waals surface area contributed by atoms with Gasteiger partial charge in [0, 0.05) is 20.0 Å². The molecule has 1 amide bonds. The van der Waals surface area contributed by atoms with Gasteiger partial charge in [0.25, 0.3) is 0 Å². The van der Waals surface area contributed by atoms with Crippen molar-refractivity contribution in [1.82, 2.24) is 4.90 Å². The molecule has 2 heteroatoms. The third kappa shape index (κ3) is 22.2. The molecule has 0 N–H and O–H groups in total. The number of hydrogen-bond acceptors (Lipinski definition) is 1. The lowest BCUT2D eigenvalue weighted by Gasteiger charge is -2.21. The molecule has 0 radical (unpaired) electrons. The van der Waals surface area contributed by atoms with Gasteiger partial charge in [0.1, 0.15) is 0 Å². The summed E-state index contributed by atoms with van der Waals surface area (Å²) in [6.45, 7) is 8.27. The van der Waals surface area contributed by atoms with Crippen LogP contribution in [0.3, 0.4) is 0 Å². The molecule has 180 valence electrons. The average molecular weight is 424 g/mol. The van der Waals surface area contributed by atoms with Crippen LogP contribution in [0.5, 0.6) is 0 Å². The van der Waals surface area contributed by atoms with Crippen molar-refractivity contribution in [2.75, 3.05) is 13.1 Å². The van der Waals surface area contributed by atoms with E-state index in [1.54, 1.807) is 6.92 Å². The summed E-state index contributed by atoms with van der Waals surface area (Å²) < 4.78 is 0. The molecule has 30 heavy (non-hydrogen) atoms. The van der Waals surface area contributed by atoms with Crippen LogP contribution in [0.2, 0.25) is 0 Å². The predicted molar refractivity (Wildman–Crippen MR) is 135 cm³/mol. The molecule has 0 saturated carbocycles. The van der Waals surface area contributed by atoms with Gasteiger partial charge in [0.05, 0.1) is 0 Å². The van der Waals surface area contributed by atoms with Crippen molar-refractivity contribution in [1.29, 1.82) is 0 Å². The Labute approximate surface area is 191 Å². The summed E-state index contributed by atoms with van der Waals surface area (Å²) >= 11 is 0. The summed E-state index contributed by atoms with van der Waals surface area (Å²) in [6.07, 6.45) is 30.1. The lowest BCUT2D eigenvalue weighted by molar-refractivity contribution is -0.129. The standard InChI is InChI=1S/C28H57NO/c1-4-6-8-10-12-14-16-18-20-22-24-26-29(28(3)30)27-25-23-21-19-17-15-13-11-9-7-5-2/h4-27H2,1-3H3. The summed E-state index contributed by atoms with van der Waals surface area (Å²) in [5, 5.41) is 0. The van der Waals surface area contributed by atoms with Gasteiger partial charge in [-0.2, -0.15) is 0 Å². The maximum Gasteiger partial charge on any atom is 0.219 e. The molecule has 0 aliphatic heterocycles. The second kappa shape index (κ2) is 24.7. The van der Waals surface area contributed by atoms with Gasteiger partial charge in [-0.1, -0.05) is 142 Å². The minimum atomic E-state index is 0.272. The SMILES string of the molecule is CCCCCCCCCCCCCN(CCCCCCCCCCCCC)C(C)=O. The van der Waals surface area contributed by atoms with Gasteiger partial charge in [0.15, 0.2) is 0 Å². The lowest BCUT2D eigenvalue weighted by atomic mass is 10.1. The van der Waals surface area contributed by atoms with E-state index in [0.29, 0.717) is 0 Å². The Hall–Kier alpha value is -0.530. The number of nitrogens with zero attached hydrogens (tertiary/aromatic N) is 1. The molecular formula is C28H57NO. The van der Waals surface area contributed by atoms with E-state index in [0.717, 1.165) is 13.1 Å². The van der Waals surface area contributed by atoms with Crippen LogP contribution in [0.25, 0.3) is 0 Å². The van der Waals surface area contributed by atoms with Gasteiger partial charge in [-0.15, -0.1) is 0 Å². The van der Waals surface area contributed by atoms with Crippen LogP contribution in [-0.4, -0.2) is 23.9 Å². The zero-order chi connectivity index (χ0) is 22.1. The molecule has 0 aromatic rings. The van der Waals surface area contributed by atoms with Crippen molar-refractivity contribution in [2.24, 2.45) is 0 Å². The highest BCUT2D eigenvalue weighted by Gasteiger charge is 2.07. The average Bonchev–Trinajstić information content (AvgIpc) is 2.74. The van der Waals surface area contributed by atoms with Crippen LogP contribution in [0, 0.1) is 0 Å². The number of rotatable bonds is 24. The quantitative estimate of drug-likeness (QED) is 0.141. The van der Waals surface area contributed by atoms with Gasteiger partial charge < -0.3 is 4.90 Å². The molecule has 0 bridgehead atoms. The van der Waals surface area contributed by atoms with Gasteiger partial charge in [-0.25, -0.2) is 0 Å². The van der Waals surface area contributed by atoms with Gasteiger partial charge in [0.2, 0.25) is 5.91 Å². The number of hydrogen-bond donors (Lipinski definition) is 0. The van der Waals surface area contributed by atoms with Crippen molar-refractivity contribution in [3.05, 3.63) is 0 Å². The molecule has 0 aliphatic rings. The fourth-order valence-electron chi connectivity index (χ4n) is 4.36. The van der Waals surface area contributed by atoms with Crippen LogP contribution < -0.4 is 0 Å². The van der Waals surface area contributed by atoms with Crippen molar-refractivity contribution < 1.29 is 4.79 Å². The van der Waals surface area contributed by atoms with Crippen LogP contribution in [0.15, 0.2) is 0 Å². The highest BCUT2D eigenvalue weighted by molar-refractivity contribution is 5.73. The Morgan fingerprint density at radius 2 is 0.667 bits per heavy atom. The summed E-state index contributed by atoms with van der Waals surface area (Å²) in [5.41, 5.74) is 0. The lowest BCUT2D eigenvalue weighted by Crippen LogP contribution is -2.30. The number of carbonyl (C=O) groups excluding carboxylic acids is 1. The first-order valence-electron chi connectivity index (χ1n) is 14.0. The molecule has 2 nitrogen and oxygen atoms in total. The Bertz CT molecular complexity index is 316. The molecule has 0 fully saturated rings. The monoisotopic (exact) mass is 423 g/mol. The summed E-state index contributed by atoms with van der Waals surface area (Å²) in [7, 11) is 0. The van der Waals surface area contributed by atoms with Gasteiger partial charge in [-0.3, -0.25) is 4.79 Å². The topological polar surface area (TPSA) is 20.3 Å². The predicted octanol–water partition coefficient (Wildman–Crippen LogP) is 9.46. The van der Waals surface area contributed by atoms with Crippen LogP contribution >= 0.6 is 0 Å². The zero-order valence-electron chi connectivity index (χ0n) is 21.3. The van der Waals surface area contributed by atoms with E-state index in [-0.39, 0.29) is 5.91 Å². The summed E-state index contributed by atoms with van der Waals surface area (Å²) in [4.78, 5) is 14.0. The van der Waals surface area contributed by atoms with E-state index in [2.05, 4.69) is 18.7 Å². The Balaban J connectivity index is 3.43. The molecule has 0 aromatic carbocycles. The van der Waals surface area contributed by atoms with E-state index in [1.165, 1.54) is 141 Å². The largest absolute Gasteiger partial charge is 0.343 e. The van der Waals surface area contributed by atoms with Crippen molar-refractivity contribution in [3.63, 3.8) is 0 Å². The van der Waals surface area contributed by atoms with Gasteiger partial charge >= 0.3 is 0 Å². The fourth-order valence-corrected chi connectivity index (χ4v) is 4.36. The molecule has 0 spiro atoms. The Kier molecular flexibility index (Phi) is 24.3. The van der Waals surface area contributed by atoms with E-state index in [1.807, 2.05) is 0 Å². The second-order valence-electron chi connectivity index (χ2n) is 9.58. The maximum atomic E-state index is 11.9. The van der Waals surface area contributed by atoms with Crippen LogP contribution in [0.1, 0.15) is 162 Å². The summed E-state index contributed by atoms with van der Waals surface area (Å²) in [6, 6.07) is 0. The van der Waals surface area contributed by atoms with Crippen LogP contribution in [-0.2, 0) is 4.79 Å². The molecule has 0 unspecified atom stereocenters. The van der Waals surface area contributed by atoms with E-state index in [4.69, 9.17) is 0 Å². The third-order valence-corrected chi connectivity index (χ3v) is 6.51. The number of amides is 1. The van der Waals surface area contributed by atoms with Crippen LogP contribution in [0.4, 0.5) is 0 Å². The first-order valence-corrected chi connectivity index (χ1v) is 14.0. The molecule has 0 atom stereocenters. The fraction of sp³-hybridized carbons (Fsp3) is 0.964. The number of carbonyl (C=O) groups is 1. The third-order valence-electron chi connectivity index (χ3n) is 6.51. The summed E-state index contributed by atoms with van der Waals surface area (Å²) in [5.74, 6) is 0.272. The molecule has 0 aliphatic carbocycles. The first kappa shape index (κ1) is 29.5. The number of unbranched alkanes of at least 4 members (excludes halogenated alkanes) is 20. The highest BCUT2D eigenvalue weighted by Crippen LogP contribution is 2.13. The van der Waals surface area contributed by atoms with E-state index >= 15 is 0 Å². The zero-order valence-corrected chi connectivity index (χ0v) is 21.3. The minimum absolute atomic E-state index is 0.272. The molecular weight excluding hydrogens is 366 g/mol. The second-order valence-corrected chi connectivity index (χ2v) is 9.58. The molecule has 0 heterocycles. The van der Waals surface area contributed by atoms with E-state index in [9.17, 15) is 4.79 Å². The highest BCUT2D eigenvalue weighted by atomic mass is 16.2. The molecule has 0 rings (SSSR count). The molecule has 0 saturated heterocycles. The van der Waals surface area contributed by atoms with Crippen molar-refractivity contribution in [3.8, 4) is 0 Å². The smallest absolute Gasteiger partial charge is 0.219 e.